The Morgan fingerprint density at radius 2 is 1.81 bits per heavy atom. The van der Waals surface area contributed by atoms with Gasteiger partial charge in [-0.3, -0.25) is 0 Å². The molecule has 4 aliphatic rings. The van der Waals surface area contributed by atoms with Crippen molar-refractivity contribution in [3.8, 4) is 11.8 Å². The van der Waals surface area contributed by atoms with Crippen LogP contribution in [0.2, 0.25) is 0 Å². The largest absolute Gasteiger partial charge is 0.368 e. The molecule has 1 saturated carbocycles. The van der Waals surface area contributed by atoms with Crippen molar-refractivity contribution in [2.24, 2.45) is 11.8 Å². The van der Waals surface area contributed by atoms with Crippen LogP contribution in [0, 0.1) is 23.7 Å². The van der Waals surface area contributed by atoms with E-state index in [1.807, 2.05) is 0 Å². The Labute approximate surface area is 186 Å². The highest BCUT2D eigenvalue weighted by Gasteiger charge is 2.49. The summed E-state index contributed by atoms with van der Waals surface area (Å²) in [6.07, 6.45) is 12.7. The van der Waals surface area contributed by atoms with Crippen LogP contribution in [0.15, 0.2) is 12.2 Å². The Bertz CT molecular complexity index is 628. The summed E-state index contributed by atoms with van der Waals surface area (Å²) in [5.74, 6) is 6.81. The second-order valence-corrected chi connectivity index (χ2v) is 9.08. The first-order chi connectivity index (χ1) is 15.2. The summed E-state index contributed by atoms with van der Waals surface area (Å²) in [5, 5.41) is 10.0. The van der Waals surface area contributed by atoms with Gasteiger partial charge in [-0.25, -0.2) is 0 Å². The van der Waals surface area contributed by atoms with Crippen LogP contribution >= 0.6 is 0 Å². The predicted molar refractivity (Wildman–Crippen MR) is 116 cm³/mol. The molecule has 0 aromatic heterocycles. The molecule has 1 aliphatic carbocycles. The smallest absolute Gasteiger partial charge is 0.158 e. The molecule has 174 valence electrons. The zero-order valence-corrected chi connectivity index (χ0v) is 18.7. The van der Waals surface area contributed by atoms with Gasteiger partial charge in [0, 0.05) is 44.8 Å². The molecule has 0 aromatic rings. The van der Waals surface area contributed by atoms with Crippen molar-refractivity contribution < 1.29 is 28.8 Å². The van der Waals surface area contributed by atoms with Gasteiger partial charge in [0.2, 0.25) is 0 Å². The number of hydrogen-bond donors (Lipinski definition) is 1. The molecule has 4 fully saturated rings. The molecular weight excluding hydrogens is 396 g/mol. The predicted octanol–water partition coefficient (Wildman–Crippen LogP) is 3.91. The SMILES string of the molecule is CCC#CC[C@@H](C=C[C@@H]1[C@H]2CC(O)O[C@H]2C[C@H]1OC1CCCCO1)OC1CCCCO1. The fourth-order valence-corrected chi connectivity index (χ4v) is 5.19. The molecule has 3 unspecified atom stereocenters. The lowest BCUT2D eigenvalue weighted by molar-refractivity contribution is -0.196. The van der Waals surface area contributed by atoms with Crippen LogP contribution < -0.4 is 0 Å². The maximum absolute atomic E-state index is 10.0. The van der Waals surface area contributed by atoms with Gasteiger partial charge in [-0.05, 0) is 44.4 Å². The first-order valence-electron chi connectivity index (χ1n) is 12.2. The average Bonchev–Trinajstić information content (AvgIpc) is 3.29. The van der Waals surface area contributed by atoms with Crippen molar-refractivity contribution in [3.63, 3.8) is 0 Å². The normalized spacial score (nSPS) is 39.2. The molecule has 3 saturated heterocycles. The fraction of sp³-hybridized carbons (Fsp3) is 0.840. The second kappa shape index (κ2) is 11.8. The minimum atomic E-state index is -0.670. The highest BCUT2D eigenvalue weighted by Crippen LogP contribution is 2.45. The van der Waals surface area contributed by atoms with E-state index in [0.29, 0.717) is 12.8 Å². The second-order valence-electron chi connectivity index (χ2n) is 9.08. The molecule has 0 amide bonds. The number of hydrogen-bond acceptors (Lipinski definition) is 6. The molecule has 6 heteroatoms. The van der Waals surface area contributed by atoms with Gasteiger partial charge < -0.3 is 28.8 Å². The van der Waals surface area contributed by atoms with Crippen molar-refractivity contribution in [3.05, 3.63) is 12.2 Å². The Morgan fingerprint density at radius 1 is 1.03 bits per heavy atom. The highest BCUT2D eigenvalue weighted by molar-refractivity contribution is 5.10. The maximum atomic E-state index is 10.0. The molecule has 1 N–H and O–H groups in total. The van der Waals surface area contributed by atoms with E-state index in [1.165, 1.54) is 0 Å². The first kappa shape index (κ1) is 23.2. The third kappa shape index (κ3) is 6.54. The van der Waals surface area contributed by atoms with E-state index in [9.17, 15) is 5.11 Å². The fourth-order valence-electron chi connectivity index (χ4n) is 5.19. The number of aliphatic hydroxyl groups excluding tert-OH is 1. The van der Waals surface area contributed by atoms with Gasteiger partial charge in [0.05, 0.1) is 18.3 Å². The molecule has 3 aliphatic heterocycles. The minimum absolute atomic E-state index is 0.0372. The molecule has 3 heterocycles. The molecule has 0 bridgehead atoms. The summed E-state index contributed by atoms with van der Waals surface area (Å²) in [7, 11) is 0. The van der Waals surface area contributed by atoms with E-state index in [1.54, 1.807) is 0 Å². The van der Waals surface area contributed by atoms with Crippen molar-refractivity contribution in [1.82, 2.24) is 0 Å². The summed E-state index contributed by atoms with van der Waals surface area (Å²) in [6.45, 7) is 3.59. The van der Waals surface area contributed by atoms with Crippen molar-refractivity contribution in [2.45, 2.75) is 108 Å². The van der Waals surface area contributed by atoms with Gasteiger partial charge in [-0.15, -0.1) is 11.8 Å². The van der Waals surface area contributed by atoms with E-state index in [-0.39, 0.29) is 42.7 Å². The molecule has 6 nitrogen and oxygen atoms in total. The molecule has 0 spiro atoms. The van der Waals surface area contributed by atoms with Gasteiger partial charge in [0.25, 0.3) is 0 Å². The third-order valence-corrected chi connectivity index (χ3v) is 6.75. The monoisotopic (exact) mass is 434 g/mol. The zero-order valence-electron chi connectivity index (χ0n) is 18.7. The maximum Gasteiger partial charge on any atom is 0.158 e. The summed E-state index contributed by atoms with van der Waals surface area (Å²) >= 11 is 0. The van der Waals surface area contributed by atoms with Crippen LogP contribution in [-0.2, 0) is 23.7 Å². The molecule has 31 heavy (non-hydrogen) atoms. The summed E-state index contributed by atoms with van der Waals surface area (Å²) in [5.41, 5.74) is 0. The van der Waals surface area contributed by atoms with Gasteiger partial charge >= 0.3 is 0 Å². The topological polar surface area (TPSA) is 66.4 Å². The molecule has 8 atom stereocenters. The Balaban J connectivity index is 1.43. The number of rotatable bonds is 7. The van der Waals surface area contributed by atoms with Gasteiger partial charge in [0.15, 0.2) is 18.9 Å². The molecule has 4 rings (SSSR count). The van der Waals surface area contributed by atoms with E-state index < -0.39 is 6.29 Å². The number of aliphatic hydroxyl groups is 1. The van der Waals surface area contributed by atoms with Crippen LogP contribution in [-0.4, -0.2) is 55.5 Å². The van der Waals surface area contributed by atoms with Crippen LogP contribution in [0.25, 0.3) is 0 Å². The average molecular weight is 435 g/mol. The van der Waals surface area contributed by atoms with E-state index in [4.69, 9.17) is 23.7 Å². The molecule has 0 aromatic carbocycles. The first-order valence-corrected chi connectivity index (χ1v) is 12.2. The van der Waals surface area contributed by atoms with Crippen molar-refractivity contribution in [2.75, 3.05) is 13.2 Å². The standard InChI is InChI=1S/C25H38O6/c1-2-3-4-9-18(29-24-10-5-7-14-27-24)12-13-19-20-16-23(26)30-22(20)17-21(19)31-25-11-6-8-15-28-25/h12-13,18-26H,2,5-11,14-17H2,1H3/t18-,19+,20+,21+,22-,23?,24?,25?/m0/s1. The lowest BCUT2D eigenvalue weighted by Gasteiger charge is -2.29. The van der Waals surface area contributed by atoms with Crippen molar-refractivity contribution >= 4 is 0 Å². The number of ether oxygens (including phenoxy) is 5. The lowest BCUT2D eigenvalue weighted by Crippen LogP contribution is -2.31. The van der Waals surface area contributed by atoms with Gasteiger partial charge in [-0.1, -0.05) is 19.1 Å². The Hall–Kier alpha value is -0.940. The Kier molecular flexibility index (Phi) is 8.83. The summed E-state index contributed by atoms with van der Waals surface area (Å²) < 4.78 is 30.0. The third-order valence-electron chi connectivity index (χ3n) is 6.75. The number of fused-ring (bicyclic) bond motifs is 1. The summed E-state index contributed by atoms with van der Waals surface area (Å²) in [4.78, 5) is 0. The molecular formula is C25H38O6. The lowest BCUT2D eigenvalue weighted by atomic mass is 9.91. The van der Waals surface area contributed by atoms with Crippen LogP contribution in [0.5, 0.6) is 0 Å². The summed E-state index contributed by atoms with van der Waals surface area (Å²) in [6, 6.07) is 0. The van der Waals surface area contributed by atoms with E-state index >= 15 is 0 Å². The van der Waals surface area contributed by atoms with Crippen molar-refractivity contribution in [1.29, 1.82) is 0 Å². The molecule has 0 radical (unpaired) electrons. The van der Waals surface area contributed by atoms with E-state index in [0.717, 1.165) is 64.6 Å². The van der Waals surface area contributed by atoms with Gasteiger partial charge in [0.1, 0.15) is 0 Å². The van der Waals surface area contributed by atoms with Crippen LogP contribution in [0.4, 0.5) is 0 Å². The zero-order chi connectivity index (χ0) is 21.5. The van der Waals surface area contributed by atoms with Gasteiger partial charge in [-0.2, -0.15) is 0 Å². The van der Waals surface area contributed by atoms with E-state index in [2.05, 4.69) is 30.9 Å². The highest BCUT2D eigenvalue weighted by atomic mass is 16.7. The van der Waals surface area contributed by atoms with Crippen LogP contribution in [0.1, 0.15) is 71.1 Å². The van der Waals surface area contributed by atoms with Crippen LogP contribution in [0.3, 0.4) is 0 Å². The Morgan fingerprint density at radius 3 is 2.52 bits per heavy atom. The minimum Gasteiger partial charge on any atom is -0.368 e. The quantitative estimate of drug-likeness (QED) is 0.484.